The average Bonchev–Trinajstić information content (AvgIpc) is 2.70. The highest BCUT2D eigenvalue weighted by atomic mass is 35.5. The van der Waals surface area contributed by atoms with Crippen LogP contribution in [0.25, 0.3) is 0 Å². The fourth-order valence-corrected chi connectivity index (χ4v) is 6.14. The van der Waals surface area contributed by atoms with Crippen molar-refractivity contribution in [2.45, 2.75) is 62.8 Å². The fraction of sp³-hybridized carbons (Fsp3) is 0.600. The average molecular weight is 423 g/mol. The van der Waals surface area contributed by atoms with E-state index >= 15 is 0 Å². The number of nitriles is 1. The second kappa shape index (κ2) is 9.25. The summed E-state index contributed by atoms with van der Waals surface area (Å²) in [6, 6.07) is 5.28. The molecule has 6 nitrogen and oxygen atoms in total. The molecule has 1 saturated heterocycles. The van der Waals surface area contributed by atoms with Crippen LogP contribution >= 0.6 is 11.6 Å². The maximum absolute atomic E-state index is 13.2. The van der Waals surface area contributed by atoms with Crippen molar-refractivity contribution in [2.75, 3.05) is 13.1 Å². The normalized spacial score (nSPS) is 22.6. The lowest BCUT2D eigenvalue weighted by Gasteiger charge is -2.34. The van der Waals surface area contributed by atoms with Gasteiger partial charge >= 0.3 is 0 Å². The Morgan fingerprint density at radius 3 is 2.71 bits per heavy atom. The molecule has 3 rings (SSSR count). The first-order valence-electron chi connectivity index (χ1n) is 9.92. The van der Waals surface area contributed by atoms with E-state index in [0.29, 0.717) is 35.6 Å². The van der Waals surface area contributed by atoms with Gasteiger partial charge < -0.3 is 5.32 Å². The van der Waals surface area contributed by atoms with Gasteiger partial charge in [-0.25, -0.2) is 8.42 Å². The molecular weight excluding hydrogens is 396 g/mol. The summed E-state index contributed by atoms with van der Waals surface area (Å²) >= 11 is 6.14. The van der Waals surface area contributed by atoms with Crippen LogP contribution in [0.5, 0.6) is 0 Å². The number of aliphatic imine (C=N–C) groups is 1. The molecule has 1 atom stereocenters. The smallest absolute Gasteiger partial charge is 0.243 e. The predicted octanol–water partition coefficient (Wildman–Crippen LogP) is 3.85. The number of rotatable bonds is 4. The third-order valence-electron chi connectivity index (χ3n) is 5.73. The molecule has 1 aromatic carbocycles. The van der Waals surface area contributed by atoms with Gasteiger partial charge in [0.2, 0.25) is 16.2 Å². The number of amidine groups is 1. The van der Waals surface area contributed by atoms with E-state index in [1.165, 1.54) is 23.6 Å². The van der Waals surface area contributed by atoms with Gasteiger partial charge in [0.15, 0.2) is 0 Å². The number of nitrogens with zero attached hydrogens (tertiary/aromatic N) is 3. The Kier molecular flexibility index (Phi) is 6.97. The summed E-state index contributed by atoms with van der Waals surface area (Å²) in [4.78, 5) is 4.28. The molecule has 1 saturated carbocycles. The quantitative estimate of drug-likeness (QED) is 0.453. The molecule has 1 heterocycles. The molecule has 2 aliphatic rings. The Hall–Kier alpha value is -1.62. The van der Waals surface area contributed by atoms with E-state index in [1.54, 1.807) is 25.1 Å². The number of sulfonamides is 1. The minimum Gasteiger partial charge on any atom is -0.370 e. The van der Waals surface area contributed by atoms with Gasteiger partial charge in [-0.05, 0) is 50.3 Å². The summed E-state index contributed by atoms with van der Waals surface area (Å²) in [5.74, 6) is 0.543. The van der Waals surface area contributed by atoms with Crippen molar-refractivity contribution in [3.05, 3.63) is 28.8 Å². The van der Waals surface area contributed by atoms with Crippen molar-refractivity contribution in [3.8, 4) is 6.19 Å². The lowest BCUT2D eigenvalue weighted by atomic mass is 9.93. The SMILES string of the molecule is Cc1c(Cl)cccc1S(=O)(=O)N1CCC[C@H](/C(=N/C#N)NC2CCCCC2)C1. The molecule has 8 heteroatoms. The summed E-state index contributed by atoms with van der Waals surface area (Å²) in [6.45, 7) is 2.52. The van der Waals surface area contributed by atoms with Crippen molar-refractivity contribution in [1.29, 1.82) is 5.26 Å². The Balaban J connectivity index is 1.79. The van der Waals surface area contributed by atoms with E-state index in [4.69, 9.17) is 16.9 Å². The first-order chi connectivity index (χ1) is 13.4. The van der Waals surface area contributed by atoms with Gasteiger partial charge in [-0.2, -0.15) is 14.6 Å². The zero-order valence-electron chi connectivity index (χ0n) is 16.2. The summed E-state index contributed by atoms with van der Waals surface area (Å²) < 4.78 is 27.9. The Labute approximate surface area is 172 Å². The van der Waals surface area contributed by atoms with Crippen LogP contribution < -0.4 is 5.32 Å². The van der Waals surface area contributed by atoms with Gasteiger partial charge in [-0.3, -0.25) is 0 Å². The van der Waals surface area contributed by atoms with Crippen molar-refractivity contribution in [2.24, 2.45) is 10.9 Å². The Bertz CT molecular complexity index is 873. The van der Waals surface area contributed by atoms with E-state index in [0.717, 1.165) is 25.7 Å². The van der Waals surface area contributed by atoms with Crippen LogP contribution in [-0.2, 0) is 10.0 Å². The third-order valence-corrected chi connectivity index (χ3v) is 8.15. The summed E-state index contributed by atoms with van der Waals surface area (Å²) in [5, 5.41) is 13.0. The van der Waals surface area contributed by atoms with Crippen LogP contribution in [0.1, 0.15) is 50.5 Å². The van der Waals surface area contributed by atoms with Crippen molar-refractivity contribution in [1.82, 2.24) is 9.62 Å². The van der Waals surface area contributed by atoms with Crippen molar-refractivity contribution >= 4 is 27.5 Å². The molecule has 1 aliphatic heterocycles. The molecule has 28 heavy (non-hydrogen) atoms. The number of piperidine rings is 1. The molecule has 0 radical (unpaired) electrons. The van der Waals surface area contributed by atoms with Crippen molar-refractivity contribution < 1.29 is 8.42 Å². The van der Waals surface area contributed by atoms with Crippen LogP contribution in [0.4, 0.5) is 0 Å². The lowest BCUT2D eigenvalue weighted by Crippen LogP contribution is -2.48. The van der Waals surface area contributed by atoms with Gasteiger partial charge in [0.25, 0.3) is 0 Å². The largest absolute Gasteiger partial charge is 0.370 e. The van der Waals surface area contributed by atoms with E-state index in [-0.39, 0.29) is 10.8 Å². The maximum atomic E-state index is 13.2. The van der Waals surface area contributed by atoms with Gasteiger partial charge in [0.1, 0.15) is 5.84 Å². The van der Waals surface area contributed by atoms with Gasteiger partial charge in [0.05, 0.1) is 4.90 Å². The molecule has 0 bridgehead atoms. The number of benzene rings is 1. The number of halogens is 1. The summed E-state index contributed by atoms with van der Waals surface area (Å²) in [7, 11) is -3.65. The Morgan fingerprint density at radius 2 is 2.00 bits per heavy atom. The Morgan fingerprint density at radius 1 is 1.25 bits per heavy atom. The molecule has 152 valence electrons. The zero-order valence-corrected chi connectivity index (χ0v) is 17.8. The van der Waals surface area contributed by atoms with E-state index < -0.39 is 10.0 Å². The lowest BCUT2D eigenvalue weighted by molar-refractivity contribution is 0.304. The predicted molar refractivity (Wildman–Crippen MR) is 111 cm³/mol. The van der Waals surface area contributed by atoms with Gasteiger partial charge in [-0.1, -0.05) is 36.9 Å². The van der Waals surface area contributed by atoms with Crippen LogP contribution in [0.2, 0.25) is 5.02 Å². The number of hydrogen-bond acceptors (Lipinski definition) is 4. The molecule has 0 amide bonds. The second-order valence-corrected chi connectivity index (χ2v) is 9.96. The highest BCUT2D eigenvalue weighted by Gasteiger charge is 2.34. The fourth-order valence-electron chi connectivity index (χ4n) is 4.14. The monoisotopic (exact) mass is 422 g/mol. The second-order valence-electron chi connectivity index (χ2n) is 7.64. The van der Waals surface area contributed by atoms with Crippen LogP contribution in [-0.4, -0.2) is 37.7 Å². The highest BCUT2D eigenvalue weighted by Crippen LogP contribution is 2.29. The topological polar surface area (TPSA) is 85.6 Å². The minimum absolute atomic E-state index is 0.0930. The van der Waals surface area contributed by atoms with Gasteiger partial charge in [-0.15, -0.1) is 0 Å². The maximum Gasteiger partial charge on any atom is 0.243 e. The summed E-state index contributed by atoms with van der Waals surface area (Å²) in [6.07, 6.45) is 9.20. The molecule has 1 aliphatic carbocycles. The first kappa shape index (κ1) is 21.1. The molecule has 0 aromatic heterocycles. The third kappa shape index (κ3) is 4.68. The zero-order chi connectivity index (χ0) is 20.1. The van der Waals surface area contributed by atoms with Crippen LogP contribution in [0.3, 0.4) is 0 Å². The standard InChI is InChI=1S/C20H27ClN4O2S/c1-15-18(21)10-5-11-19(15)28(26,27)25-12-6-7-16(13-25)20(23-14-22)24-17-8-3-2-4-9-17/h5,10-11,16-17H,2-4,6-9,12-13H2,1H3,(H,23,24)/t16-/m0/s1. The van der Waals surface area contributed by atoms with E-state index in [2.05, 4.69) is 10.3 Å². The number of hydrogen-bond donors (Lipinski definition) is 1. The van der Waals surface area contributed by atoms with Crippen molar-refractivity contribution in [3.63, 3.8) is 0 Å². The summed E-state index contributed by atoms with van der Waals surface area (Å²) in [5.41, 5.74) is 0.567. The van der Waals surface area contributed by atoms with E-state index in [9.17, 15) is 8.42 Å². The molecule has 0 unspecified atom stereocenters. The first-order valence-corrected chi connectivity index (χ1v) is 11.7. The van der Waals surface area contributed by atoms with Crippen LogP contribution in [0.15, 0.2) is 28.1 Å². The van der Waals surface area contributed by atoms with Gasteiger partial charge in [0, 0.05) is 30.1 Å². The minimum atomic E-state index is -3.65. The van der Waals surface area contributed by atoms with E-state index in [1.807, 2.05) is 6.19 Å². The molecule has 1 aromatic rings. The molecule has 2 fully saturated rings. The number of nitrogens with one attached hydrogen (secondary N) is 1. The molecular formula is C20H27ClN4O2S. The van der Waals surface area contributed by atoms with Crippen LogP contribution in [0, 0.1) is 24.3 Å². The molecule has 0 spiro atoms. The molecule has 1 N–H and O–H groups in total. The highest BCUT2D eigenvalue weighted by molar-refractivity contribution is 7.89.